The number of hydrogen-bond acceptors (Lipinski definition) is 6. The summed E-state index contributed by atoms with van der Waals surface area (Å²) in [6.45, 7) is 8.97. The molecule has 0 atom stereocenters. The van der Waals surface area contributed by atoms with Gasteiger partial charge < -0.3 is 14.2 Å². The van der Waals surface area contributed by atoms with E-state index in [0.717, 1.165) is 74.8 Å². The number of morpholine rings is 1. The molecule has 2 aromatic rings. The summed E-state index contributed by atoms with van der Waals surface area (Å²) in [6, 6.07) is 9.34. The number of fused-ring (bicyclic) bond motifs is 2. The Morgan fingerprint density at radius 1 is 1.09 bits per heavy atom. The van der Waals surface area contributed by atoms with Gasteiger partial charge in [-0.1, -0.05) is 29.8 Å². The van der Waals surface area contributed by atoms with Crippen LogP contribution in [0.25, 0.3) is 6.08 Å². The van der Waals surface area contributed by atoms with Gasteiger partial charge in [-0.15, -0.1) is 0 Å². The molecule has 0 unspecified atom stereocenters. The molecule has 0 aromatic heterocycles. The largest absolute Gasteiger partial charge is 0.477 e. The number of nitrogens with zero attached hydrogens (tertiary/aromatic N) is 2. The Labute approximate surface area is 193 Å². The summed E-state index contributed by atoms with van der Waals surface area (Å²) in [7, 11) is 0. The van der Waals surface area contributed by atoms with Gasteiger partial charge in [0.25, 0.3) is 0 Å². The zero-order valence-corrected chi connectivity index (χ0v) is 19.0. The summed E-state index contributed by atoms with van der Waals surface area (Å²) in [5.74, 6) is 1.60. The minimum atomic E-state index is -0.115. The minimum Gasteiger partial charge on any atom is -0.477 e. The number of hydrogen-bond donors (Lipinski definition) is 0. The number of halogens is 1. The normalized spacial score (nSPS) is 20.1. The summed E-state index contributed by atoms with van der Waals surface area (Å²) in [4.78, 5) is 17.8. The summed E-state index contributed by atoms with van der Waals surface area (Å²) in [5, 5.41) is 0.583. The van der Waals surface area contributed by atoms with Crippen LogP contribution in [0.1, 0.15) is 33.5 Å². The molecule has 5 rings (SSSR count). The molecule has 1 saturated heterocycles. The van der Waals surface area contributed by atoms with E-state index in [4.69, 9.17) is 25.8 Å². The van der Waals surface area contributed by atoms with Crippen LogP contribution < -0.4 is 9.47 Å². The van der Waals surface area contributed by atoms with E-state index in [1.54, 1.807) is 12.1 Å². The highest BCUT2D eigenvalue weighted by molar-refractivity contribution is 6.32. The molecule has 32 heavy (non-hydrogen) atoms. The van der Waals surface area contributed by atoms with E-state index >= 15 is 0 Å². The van der Waals surface area contributed by atoms with Gasteiger partial charge in [-0.05, 0) is 43.7 Å². The zero-order chi connectivity index (χ0) is 22.1. The number of rotatable bonds is 5. The standard InChI is InChI=1S/C25H27ClN2O4/c1-17-24-19(15-28(16-31-24)8-4-7-27-9-11-30-12-10-27)13-20-23(29)22(32-25(17)20)14-18-5-2-3-6-21(18)26/h2-3,5-6,13-14H,4,7-12,15-16H2,1H3/b22-14-. The van der Waals surface area contributed by atoms with E-state index in [9.17, 15) is 4.79 Å². The number of benzene rings is 2. The SMILES string of the molecule is Cc1c2c(cc3c1O/C(=C\c1ccccc1Cl)C3=O)CN(CCCN1CCOCC1)CO2. The third kappa shape index (κ3) is 4.28. The van der Waals surface area contributed by atoms with Crippen molar-refractivity contribution in [3.05, 3.63) is 63.4 Å². The molecule has 0 amide bonds. The number of carbonyl (C=O) groups is 1. The third-order valence-electron chi connectivity index (χ3n) is 6.25. The Balaban J connectivity index is 1.30. The Morgan fingerprint density at radius 2 is 1.88 bits per heavy atom. The van der Waals surface area contributed by atoms with Crippen LogP contribution in [-0.2, 0) is 11.3 Å². The van der Waals surface area contributed by atoms with Crippen LogP contribution in [0.3, 0.4) is 0 Å². The van der Waals surface area contributed by atoms with E-state index < -0.39 is 0 Å². The molecule has 0 bridgehead atoms. The van der Waals surface area contributed by atoms with Crippen LogP contribution >= 0.6 is 11.6 Å². The van der Waals surface area contributed by atoms with Crippen molar-refractivity contribution in [3.63, 3.8) is 0 Å². The number of Topliss-reactive ketones (excluding diaryl/α,β-unsaturated/α-hetero) is 1. The topological polar surface area (TPSA) is 51.2 Å². The number of carbonyl (C=O) groups excluding carboxylic acids is 1. The Morgan fingerprint density at radius 3 is 2.69 bits per heavy atom. The van der Waals surface area contributed by atoms with Crippen LogP contribution in [0.4, 0.5) is 0 Å². The first-order chi connectivity index (χ1) is 15.6. The Hall–Kier alpha value is -2.38. The summed E-state index contributed by atoms with van der Waals surface area (Å²) >= 11 is 6.26. The maximum atomic E-state index is 13.1. The lowest BCUT2D eigenvalue weighted by molar-refractivity contribution is 0.0329. The molecule has 3 heterocycles. The smallest absolute Gasteiger partial charge is 0.231 e. The molecule has 0 aliphatic carbocycles. The highest BCUT2D eigenvalue weighted by Crippen LogP contribution is 2.43. The molecule has 2 aromatic carbocycles. The van der Waals surface area contributed by atoms with Crippen molar-refractivity contribution < 1.29 is 19.0 Å². The van der Waals surface area contributed by atoms with Crippen LogP contribution in [0.2, 0.25) is 5.02 Å². The average Bonchev–Trinajstić information content (AvgIpc) is 3.12. The second-order valence-corrected chi connectivity index (χ2v) is 8.87. The van der Waals surface area contributed by atoms with Crippen molar-refractivity contribution in [3.8, 4) is 11.5 Å². The van der Waals surface area contributed by atoms with Gasteiger partial charge in [0, 0.05) is 42.3 Å². The lowest BCUT2D eigenvalue weighted by Crippen LogP contribution is -2.39. The highest BCUT2D eigenvalue weighted by atomic mass is 35.5. The second kappa shape index (κ2) is 9.24. The van der Waals surface area contributed by atoms with Gasteiger partial charge in [0.1, 0.15) is 18.2 Å². The Kier molecular flexibility index (Phi) is 6.20. The second-order valence-electron chi connectivity index (χ2n) is 8.46. The fourth-order valence-electron chi connectivity index (χ4n) is 4.52. The summed E-state index contributed by atoms with van der Waals surface area (Å²) in [5.41, 5.74) is 3.27. The average molecular weight is 455 g/mol. The van der Waals surface area contributed by atoms with E-state index in [-0.39, 0.29) is 5.78 Å². The molecule has 7 heteroatoms. The quantitative estimate of drug-likeness (QED) is 0.633. The number of allylic oxidation sites excluding steroid dienone is 1. The number of ketones is 1. The fraction of sp³-hybridized carbons (Fsp3) is 0.400. The van der Waals surface area contributed by atoms with Crippen LogP contribution in [0.5, 0.6) is 11.5 Å². The maximum absolute atomic E-state index is 13.1. The fourth-order valence-corrected chi connectivity index (χ4v) is 4.71. The summed E-state index contributed by atoms with van der Waals surface area (Å²) < 4.78 is 17.5. The predicted molar refractivity (Wildman–Crippen MR) is 123 cm³/mol. The highest BCUT2D eigenvalue weighted by Gasteiger charge is 2.33. The van der Waals surface area contributed by atoms with E-state index in [0.29, 0.717) is 28.8 Å². The molecule has 168 valence electrons. The van der Waals surface area contributed by atoms with Crippen molar-refractivity contribution in [2.75, 3.05) is 46.1 Å². The molecule has 0 radical (unpaired) electrons. The molecular formula is C25H27ClN2O4. The lowest BCUT2D eigenvalue weighted by Gasteiger charge is -2.31. The van der Waals surface area contributed by atoms with Gasteiger partial charge in [-0.2, -0.15) is 0 Å². The first-order valence-electron chi connectivity index (χ1n) is 11.1. The van der Waals surface area contributed by atoms with Crippen molar-refractivity contribution in [1.29, 1.82) is 0 Å². The maximum Gasteiger partial charge on any atom is 0.231 e. The molecule has 0 N–H and O–H groups in total. The van der Waals surface area contributed by atoms with Gasteiger partial charge in [-0.25, -0.2) is 0 Å². The molecule has 0 spiro atoms. The molecule has 3 aliphatic rings. The first kappa shape index (κ1) is 21.5. The van der Waals surface area contributed by atoms with Crippen molar-refractivity contribution in [2.24, 2.45) is 0 Å². The van der Waals surface area contributed by atoms with Gasteiger partial charge in [0.05, 0.1) is 18.8 Å². The molecular weight excluding hydrogens is 428 g/mol. The van der Waals surface area contributed by atoms with Crippen LogP contribution in [-0.4, -0.2) is 61.7 Å². The summed E-state index contributed by atoms with van der Waals surface area (Å²) in [6.07, 6.45) is 2.79. The van der Waals surface area contributed by atoms with Crippen molar-refractivity contribution >= 4 is 23.5 Å². The van der Waals surface area contributed by atoms with Crippen molar-refractivity contribution in [1.82, 2.24) is 9.80 Å². The molecule has 1 fully saturated rings. The zero-order valence-electron chi connectivity index (χ0n) is 18.2. The van der Waals surface area contributed by atoms with E-state index in [1.165, 1.54) is 0 Å². The molecule has 3 aliphatic heterocycles. The molecule has 0 saturated carbocycles. The van der Waals surface area contributed by atoms with Gasteiger partial charge in [-0.3, -0.25) is 14.6 Å². The first-order valence-corrected chi connectivity index (χ1v) is 11.5. The van der Waals surface area contributed by atoms with Gasteiger partial charge in [0.15, 0.2) is 5.76 Å². The lowest BCUT2D eigenvalue weighted by atomic mass is 10.00. The van der Waals surface area contributed by atoms with E-state index in [2.05, 4.69) is 9.80 Å². The van der Waals surface area contributed by atoms with Crippen molar-refractivity contribution in [2.45, 2.75) is 19.9 Å². The molecule has 6 nitrogen and oxygen atoms in total. The monoisotopic (exact) mass is 454 g/mol. The third-order valence-corrected chi connectivity index (χ3v) is 6.59. The van der Waals surface area contributed by atoms with Gasteiger partial charge >= 0.3 is 0 Å². The van der Waals surface area contributed by atoms with Crippen LogP contribution in [0, 0.1) is 6.92 Å². The van der Waals surface area contributed by atoms with Gasteiger partial charge in [0.2, 0.25) is 5.78 Å². The van der Waals surface area contributed by atoms with Crippen LogP contribution in [0.15, 0.2) is 36.1 Å². The predicted octanol–water partition coefficient (Wildman–Crippen LogP) is 4.14. The van der Waals surface area contributed by atoms with E-state index in [1.807, 2.05) is 31.2 Å². The Bertz CT molecular complexity index is 1060. The number of ether oxygens (including phenoxy) is 3. The minimum absolute atomic E-state index is 0.115.